The average Bonchev–Trinajstić information content (AvgIpc) is 2.92. The van der Waals surface area contributed by atoms with Crippen LogP contribution in [0.15, 0.2) is 18.2 Å². The Balaban J connectivity index is 1.98. The van der Waals surface area contributed by atoms with Crippen molar-refractivity contribution in [2.45, 2.75) is 51.9 Å². The number of likely N-dealkylation sites (tertiary alicyclic amines) is 1. The Labute approximate surface area is 136 Å². The van der Waals surface area contributed by atoms with E-state index in [0.717, 1.165) is 12.8 Å². The number of aliphatic hydroxyl groups excluding tert-OH is 1. The lowest BCUT2D eigenvalue weighted by molar-refractivity contribution is 0.0186. The van der Waals surface area contributed by atoms with E-state index in [1.807, 2.05) is 20.8 Å². The molecule has 0 unspecified atom stereocenters. The van der Waals surface area contributed by atoms with Crippen molar-refractivity contribution in [2.75, 3.05) is 13.2 Å². The number of hydrogen-bond donors (Lipinski definition) is 1. The SMILES string of the molecule is CC(C)(C)OC(=O)N1CCC[C@H]1COc1ccc(F)cc1CO. The highest BCUT2D eigenvalue weighted by Gasteiger charge is 2.32. The van der Waals surface area contributed by atoms with Crippen LogP contribution in [0.4, 0.5) is 9.18 Å². The van der Waals surface area contributed by atoms with Crippen LogP contribution in [0.5, 0.6) is 5.75 Å². The molecule has 0 saturated carbocycles. The van der Waals surface area contributed by atoms with E-state index in [0.29, 0.717) is 17.9 Å². The molecule has 0 spiro atoms. The highest BCUT2D eigenvalue weighted by Crippen LogP contribution is 2.24. The molecule has 1 heterocycles. The van der Waals surface area contributed by atoms with Gasteiger partial charge in [-0.25, -0.2) is 9.18 Å². The van der Waals surface area contributed by atoms with E-state index in [-0.39, 0.29) is 25.3 Å². The molecule has 1 fully saturated rings. The maximum Gasteiger partial charge on any atom is 0.410 e. The molecule has 23 heavy (non-hydrogen) atoms. The number of ether oxygens (including phenoxy) is 2. The third-order valence-corrected chi connectivity index (χ3v) is 3.63. The molecule has 128 valence electrons. The van der Waals surface area contributed by atoms with Gasteiger partial charge in [0.15, 0.2) is 0 Å². The number of nitrogens with zero attached hydrogens (tertiary/aromatic N) is 1. The quantitative estimate of drug-likeness (QED) is 0.924. The van der Waals surface area contributed by atoms with Crippen molar-refractivity contribution >= 4 is 6.09 Å². The maximum atomic E-state index is 13.2. The molecule has 6 heteroatoms. The minimum absolute atomic E-state index is 0.0820. The van der Waals surface area contributed by atoms with Gasteiger partial charge in [-0.3, -0.25) is 0 Å². The summed E-state index contributed by atoms with van der Waals surface area (Å²) in [6.45, 7) is 6.13. The van der Waals surface area contributed by atoms with Crippen LogP contribution in [0, 0.1) is 5.82 Å². The molecule has 5 nitrogen and oxygen atoms in total. The van der Waals surface area contributed by atoms with E-state index >= 15 is 0 Å². The molecule has 2 rings (SSSR count). The maximum absolute atomic E-state index is 13.2. The fourth-order valence-electron chi connectivity index (χ4n) is 2.57. The summed E-state index contributed by atoms with van der Waals surface area (Å²) in [7, 11) is 0. The van der Waals surface area contributed by atoms with Gasteiger partial charge in [0, 0.05) is 12.1 Å². The van der Waals surface area contributed by atoms with Gasteiger partial charge >= 0.3 is 6.09 Å². The lowest BCUT2D eigenvalue weighted by Gasteiger charge is -2.28. The van der Waals surface area contributed by atoms with Gasteiger partial charge in [-0.2, -0.15) is 0 Å². The van der Waals surface area contributed by atoms with Crippen LogP contribution in [0.3, 0.4) is 0 Å². The van der Waals surface area contributed by atoms with Gasteiger partial charge in [0.25, 0.3) is 0 Å². The number of hydrogen-bond acceptors (Lipinski definition) is 4. The second-order valence-corrected chi connectivity index (χ2v) is 6.69. The molecule has 1 atom stereocenters. The fourth-order valence-corrected chi connectivity index (χ4v) is 2.57. The summed E-state index contributed by atoms with van der Waals surface area (Å²) in [5.74, 6) is 0.0163. The highest BCUT2D eigenvalue weighted by molar-refractivity contribution is 5.69. The Kier molecular flexibility index (Phi) is 5.46. The summed E-state index contributed by atoms with van der Waals surface area (Å²) in [5.41, 5.74) is -0.140. The second kappa shape index (κ2) is 7.17. The Bertz CT molecular complexity index is 556. The normalized spacial score (nSPS) is 18.1. The zero-order chi connectivity index (χ0) is 17.0. The van der Waals surface area contributed by atoms with E-state index in [9.17, 15) is 14.3 Å². The standard InChI is InChI=1S/C17H24FNO4/c1-17(2,3)23-16(21)19-8-4-5-14(19)11-22-15-7-6-13(18)9-12(15)10-20/h6-7,9,14,20H,4-5,8,10-11H2,1-3H3/t14-/m0/s1. The van der Waals surface area contributed by atoms with Gasteiger partial charge in [0.2, 0.25) is 0 Å². The van der Waals surface area contributed by atoms with Crippen LogP contribution in [0.2, 0.25) is 0 Å². The molecule has 1 saturated heterocycles. The van der Waals surface area contributed by atoms with Crippen LogP contribution in [-0.2, 0) is 11.3 Å². The first-order valence-corrected chi connectivity index (χ1v) is 7.82. The minimum Gasteiger partial charge on any atom is -0.491 e. The molecule has 1 aromatic rings. The Morgan fingerprint density at radius 3 is 2.83 bits per heavy atom. The van der Waals surface area contributed by atoms with Gasteiger partial charge in [0.05, 0.1) is 12.6 Å². The highest BCUT2D eigenvalue weighted by atomic mass is 19.1. The van der Waals surface area contributed by atoms with Crippen molar-refractivity contribution in [3.8, 4) is 5.75 Å². The molecule has 1 amide bonds. The summed E-state index contributed by atoms with van der Waals surface area (Å²) < 4.78 is 24.3. The molecule has 0 aliphatic carbocycles. The van der Waals surface area contributed by atoms with E-state index in [1.54, 1.807) is 4.90 Å². The Hall–Kier alpha value is -1.82. The molecule has 1 N–H and O–H groups in total. The van der Waals surface area contributed by atoms with Gasteiger partial charge in [0.1, 0.15) is 23.8 Å². The molecule has 1 aliphatic rings. The number of carbonyl (C=O) groups is 1. The number of rotatable bonds is 4. The first-order valence-electron chi connectivity index (χ1n) is 7.82. The van der Waals surface area contributed by atoms with E-state index in [2.05, 4.69) is 0 Å². The monoisotopic (exact) mass is 325 g/mol. The van der Waals surface area contributed by atoms with Crippen LogP contribution < -0.4 is 4.74 Å². The number of halogens is 1. The first-order chi connectivity index (χ1) is 10.8. The summed E-state index contributed by atoms with van der Waals surface area (Å²) >= 11 is 0. The molecule has 1 aliphatic heterocycles. The Morgan fingerprint density at radius 2 is 2.17 bits per heavy atom. The van der Waals surface area contributed by atoms with Crippen molar-refractivity contribution in [2.24, 2.45) is 0 Å². The van der Waals surface area contributed by atoms with Crippen molar-refractivity contribution in [3.05, 3.63) is 29.6 Å². The lowest BCUT2D eigenvalue weighted by Crippen LogP contribution is -2.42. The van der Waals surface area contributed by atoms with Crippen LogP contribution >= 0.6 is 0 Å². The summed E-state index contributed by atoms with van der Waals surface area (Å²) in [6.07, 6.45) is 1.38. The lowest BCUT2D eigenvalue weighted by atomic mass is 10.2. The van der Waals surface area contributed by atoms with Crippen molar-refractivity contribution in [1.29, 1.82) is 0 Å². The topological polar surface area (TPSA) is 59.0 Å². The third kappa shape index (κ3) is 4.82. The van der Waals surface area contributed by atoms with Crippen LogP contribution in [0.25, 0.3) is 0 Å². The number of benzene rings is 1. The summed E-state index contributed by atoms with van der Waals surface area (Å²) in [6, 6.07) is 3.94. The number of carbonyl (C=O) groups excluding carboxylic acids is 1. The third-order valence-electron chi connectivity index (χ3n) is 3.63. The number of amides is 1. The van der Waals surface area contributed by atoms with Crippen molar-refractivity contribution in [1.82, 2.24) is 4.90 Å². The predicted molar refractivity (Wildman–Crippen MR) is 83.8 cm³/mol. The van der Waals surface area contributed by atoms with E-state index < -0.39 is 11.4 Å². The van der Waals surface area contributed by atoms with Crippen molar-refractivity contribution in [3.63, 3.8) is 0 Å². The van der Waals surface area contributed by atoms with Crippen molar-refractivity contribution < 1.29 is 23.8 Å². The van der Waals surface area contributed by atoms with Gasteiger partial charge in [-0.1, -0.05) is 0 Å². The molecule has 0 aromatic heterocycles. The zero-order valence-electron chi connectivity index (χ0n) is 13.8. The molecule has 0 bridgehead atoms. The fraction of sp³-hybridized carbons (Fsp3) is 0.588. The summed E-state index contributed by atoms with van der Waals surface area (Å²) in [5, 5.41) is 9.27. The van der Waals surface area contributed by atoms with Gasteiger partial charge < -0.3 is 19.5 Å². The minimum atomic E-state index is -0.536. The molecular weight excluding hydrogens is 301 g/mol. The van der Waals surface area contributed by atoms with Gasteiger partial charge in [-0.15, -0.1) is 0 Å². The first kappa shape index (κ1) is 17.5. The largest absolute Gasteiger partial charge is 0.491 e. The number of aliphatic hydroxyl groups is 1. The molecule has 1 aromatic carbocycles. The molecular formula is C17H24FNO4. The van der Waals surface area contributed by atoms with Gasteiger partial charge in [-0.05, 0) is 51.8 Å². The zero-order valence-corrected chi connectivity index (χ0v) is 13.8. The summed E-state index contributed by atoms with van der Waals surface area (Å²) in [4.78, 5) is 13.9. The van der Waals surface area contributed by atoms with Crippen LogP contribution in [0.1, 0.15) is 39.2 Å². The van der Waals surface area contributed by atoms with Crippen LogP contribution in [-0.4, -0.2) is 40.9 Å². The molecule has 0 radical (unpaired) electrons. The smallest absolute Gasteiger partial charge is 0.410 e. The predicted octanol–water partition coefficient (Wildman–Crippen LogP) is 3.10. The van der Waals surface area contributed by atoms with E-state index in [4.69, 9.17) is 9.47 Å². The Morgan fingerprint density at radius 1 is 1.43 bits per heavy atom. The average molecular weight is 325 g/mol. The second-order valence-electron chi connectivity index (χ2n) is 6.69. The van der Waals surface area contributed by atoms with E-state index in [1.165, 1.54) is 18.2 Å².